The van der Waals surface area contributed by atoms with E-state index in [-0.39, 0.29) is 18.4 Å². The Morgan fingerprint density at radius 2 is 2.00 bits per heavy atom. The second-order valence-corrected chi connectivity index (χ2v) is 6.97. The third-order valence-corrected chi connectivity index (χ3v) is 5.12. The molecule has 2 aromatic carbocycles. The van der Waals surface area contributed by atoms with E-state index in [0.717, 1.165) is 16.5 Å². The summed E-state index contributed by atoms with van der Waals surface area (Å²) < 4.78 is 5.44. The van der Waals surface area contributed by atoms with Gasteiger partial charge in [0.15, 0.2) is 6.61 Å². The molecule has 0 fully saturated rings. The monoisotopic (exact) mass is 401 g/mol. The molecule has 30 heavy (non-hydrogen) atoms. The SMILES string of the molecule is O=C(NCCN1C(=O)COc2ccccc21)c1cc(-c2c[nH]c3ccccc23)n[nH]1. The van der Waals surface area contributed by atoms with Crippen molar-refractivity contribution in [3.63, 3.8) is 0 Å². The fourth-order valence-electron chi connectivity index (χ4n) is 3.64. The van der Waals surface area contributed by atoms with Crippen LogP contribution in [0.2, 0.25) is 0 Å². The lowest BCUT2D eigenvalue weighted by molar-refractivity contribution is -0.121. The predicted molar refractivity (Wildman–Crippen MR) is 113 cm³/mol. The first-order chi connectivity index (χ1) is 14.7. The summed E-state index contributed by atoms with van der Waals surface area (Å²) >= 11 is 0. The number of para-hydroxylation sites is 3. The first-order valence-electron chi connectivity index (χ1n) is 9.63. The first-order valence-corrected chi connectivity index (χ1v) is 9.63. The van der Waals surface area contributed by atoms with Crippen molar-refractivity contribution in [2.24, 2.45) is 0 Å². The lowest BCUT2D eigenvalue weighted by Crippen LogP contribution is -2.43. The van der Waals surface area contributed by atoms with Crippen molar-refractivity contribution in [1.29, 1.82) is 0 Å². The number of anilines is 1. The van der Waals surface area contributed by atoms with Crippen molar-refractivity contribution in [1.82, 2.24) is 20.5 Å². The highest BCUT2D eigenvalue weighted by Gasteiger charge is 2.25. The minimum Gasteiger partial charge on any atom is -0.482 e. The Labute approximate surface area is 171 Å². The molecule has 8 heteroatoms. The number of aromatic amines is 2. The van der Waals surface area contributed by atoms with Gasteiger partial charge in [-0.1, -0.05) is 30.3 Å². The van der Waals surface area contributed by atoms with Gasteiger partial charge in [-0.05, 0) is 24.3 Å². The van der Waals surface area contributed by atoms with Gasteiger partial charge in [0.1, 0.15) is 11.4 Å². The van der Waals surface area contributed by atoms with Crippen LogP contribution in [0.5, 0.6) is 5.75 Å². The Balaban J connectivity index is 1.26. The highest BCUT2D eigenvalue weighted by atomic mass is 16.5. The minimum absolute atomic E-state index is 0.000507. The Morgan fingerprint density at radius 3 is 2.93 bits per heavy atom. The molecule has 5 rings (SSSR count). The molecule has 0 bridgehead atoms. The molecule has 3 heterocycles. The number of fused-ring (bicyclic) bond motifs is 2. The number of benzene rings is 2. The van der Waals surface area contributed by atoms with Gasteiger partial charge in [0.05, 0.1) is 11.4 Å². The molecule has 1 aliphatic rings. The molecule has 0 spiro atoms. The van der Waals surface area contributed by atoms with Crippen molar-refractivity contribution < 1.29 is 14.3 Å². The van der Waals surface area contributed by atoms with Crippen LogP contribution in [0.25, 0.3) is 22.2 Å². The fraction of sp³-hybridized carbons (Fsp3) is 0.136. The zero-order chi connectivity index (χ0) is 20.5. The maximum Gasteiger partial charge on any atom is 0.269 e. The summed E-state index contributed by atoms with van der Waals surface area (Å²) in [5.41, 5.74) is 3.71. The Bertz CT molecular complexity index is 1240. The van der Waals surface area contributed by atoms with Crippen LogP contribution in [0.3, 0.4) is 0 Å². The minimum atomic E-state index is -0.275. The van der Waals surface area contributed by atoms with Gasteiger partial charge < -0.3 is 19.9 Å². The van der Waals surface area contributed by atoms with Crippen LogP contribution in [0.4, 0.5) is 5.69 Å². The van der Waals surface area contributed by atoms with E-state index in [1.807, 2.05) is 54.7 Å². The van der Waals surface area contributed by atoms with Crippen molar-refractivity contribution in [2.75, 3.05) is 24.6 Å². The van der Waals surface area contributed by atoms with Gasteiger partial charge in [0, 0.05) is 35.8 Å². The van der Waals surface area contributed by atoms with Crippen LogP contribution < -0.4 is 15.0 Å². The molecule has 2 aromatic heterocycles. The second kappa shape index (κ2) is 7.40. The number of nitrogens with zero attached hydrogens (tertiary/aromatic N) is 2. The number of carbonyl (C=O) groups excluding carboxylic acids is 2. The topological polar surface area (TPSA) is 103 Å². The van der Waals surface area contributed by atoms with Gasteiger partial charge in [0.2, 0.25) is 0 Å². The number of rotatable bonds is 5. The van der Waals surface area contributed by atoms with Gasteiger partial charge in [-0.15, -0.1) is 0 Å². The Kier molecular flexibility index (Phi) is 4.44. The van der Waals surface area contributed by atoms with Crippen LogP contribution in [0, 0.1) is 0 Å². The third kappa shape index (κ3) is 3.18. The molecule has 0 radical (unpaired) electrons. The number of amides is 2. The fourth-order valence-corrected chi connectivity index (χ4v) is 3.64. The van der Waals surface area contributed by atoms with Gasteiger partial charge in [0.25, 0.3) is 11.8 Å². The van der Waals surface area contributed by atoms with E-state index < -0.39 is 0 Å². The number of hydrogen-bond donors (Lipinski definition) is 3. The summed E-state index contributed by atoms with van der Waals surface area (Å²) in [4.78, 5) is 29.6. The predicted octanol–water partition coefficient (Wildman–Crippen LogP) is 2.71. The normalized spacial score (nSPS) is 13.2. The smallest absolute Gasteiger partial charge is 0.269 e. The van der Waals surface area contributed by atoms with Gasteiger partial charge in [-0.25, -0.2) is 0 Å². The van der Waals surface area contributed by atoms with Crippen molar-refractivity contribution in [3.8, 4) is 17.0 Å². The van der Waals surface area contributed by atoms with Crippen LogP contribution in [-0.4, -0.2) is 46.7 Å². The number of carbonyl (C=O) groups is 2. The second-order valence-electron chi connectivity index (χ2n) is 6.97. The third-order valence-electron chi connectivity index (χ3n) is 5.12. The molecule has 0 aliphatic carbocycles. The van der Waals surface area contributed by atoms with Crippen LogP contribution >= 0.6 is 0 Å². The van der Waals surface area contributed by atoms with Crippen LogP contribution in [-0.2, 0) is 4.79 Å². The molecule has 0 saturated heterocycles. The largest absolute Gasteiger partial charge is 0.482 e. The molecule has 1 aliphatic heterocycles. The standard InChI is InChI=1S/C22H19N5O3/c28-21-13-30-20-8-4-3-7-19(20)27(21)10-9-23-22(29)18-11-17(25-26-18)15-12-24-16-6-2-1-5-14(15)16/h1-8,11-12,24H,9-10,13H2,(H,23,29)(H,25,26). The average molecular weight is 401 g/mol. The molecule has 0 saturated carbocycles. The summed E-state index contributed by atoms with van der Waals surface area (Å²) in [6, 6.07) is 17.0. The van der Waals surface area contributed by atoms with E-state index in [0.29, 0.717) is 35.9 Å². The lowest BCUT2D eigenvalue weighted by atomic mass is 10.1. The summed E-state index contributed by atoms with van der Waals surface area (Å²) in [5.74, 6) is 0.258. The summed E-state index contributed by atoms with van der Waals surface area (Å²) in [6.07, 6.45) is 1.88. The first kappa shape index (κ1) is 18.0. The van der Waals surface area contributed by atoms with E-state index in [4.69, 9.17) is 4.74 Å². The van der Waals surface area contributed by atoms with Gasteiger partial charge in [-0.3, -0.25) is 14.7 Å². The van der Waals surface area contributed by atoms with Crippen LogP contribution in [0.15, 0.2) is 60.8 Å². The molecule has 3 N–H and O–H groups in total. The highest BCUT2D eigenvalue weighted by Crippen LogP contribution is 2.31. The van der Waals surface area contributed by atoms with Crippen molar-refractivity contribution >= 4 is 28.4 Å². The molecule has 4 aromatic rings. The maximum absolute atomic E-state index is 12.5. The van der Waals surface area contributed by atoms with Gasteiger partial charge in [-0.2, -0.15) is 5.10 Å². The number of H-pyrrole nitrogens is 2. The number of hydrogen-bond acceptors (Lipinski definition) is 4. The summed E-state index contributed by atoms with van der Waals surface area (Å²) in [6.45, 7) is 0.661. The highest BCUT2D eigenvalue weighted by molar-refractivity contribution is 5.99. The summed E-state index contributed by atoms with van der Waals surface area (Å²) in [7, 11) is 0. The molecular weight excluding hydrogens is 382 g/mol. The molecule has 150 valence electrons. The van der Waals surface area contributed by atoms with Gasteiger partial charge >= 0.3 is 0 Å². The molecule has 8 nitrogen and oxygen atoms in total. The van der Waals surface area contributed by atoms with E-state index in [1.165, 1.54) is 0 Å². The molecule has 0 atom stereocenters. The number of ether oxygens (including phenoxy) is 1. The van der Waals surface area contributed by atoms with Crippen molar-refractivity contribution in [3.05, 3.63) is 66.5 Å². The maximum atomic E-state index is 12.5. The van der Waals surface area contributed by atoms with E-state index in [2.05, 4.69) is 20.5 Å². The number of aromatic nitrogens is 3. The quantitative estimate of drug-likeness (QED) is 0.478. The lowest BCUT2D eigenvalue weighted by Gasteiger charge is -2.29. The summed E-state index contributed by atoms with van der Waals surface area (Å²) in [5, 5.41) is 11.0. The van der Waals surface area contributed by atoms with E-state index >= 15 is 0 Å². The van der Waals surface area contributed by atoms with E-state index in [9.17, 15) is 9.59 Å². The molecular formula is C22H19N5O3. The Morgan fingerprint density at radius 1 is 1.17 bits per heavy atom. The zero-order valence-electron chi connectivity index (χ0n) is 16.0. The average Bonchev–Trinajstić information content (AvgIpc) is 3.42. The zero-order valence-corrected chi connectivity index (χ0v) is 16.0. The Hall–Kier alpha value is -4.07. The molecule has 0 unspecified atom stereocenters. The number of nitrogens with one attached hydrogen (secondary N) is 3. The molecule has 2 amide bonds. The van der Waals surface area contributed by atoms with E-state index in [1.54, 1.807) is 11.0 Å². The van der Waals surface area contributed by atoms with Crippen molar-refractivity contribution in [2.45, 2.75) is 0 Å². The van der Waals surface area contributed by atoms with Crippen LogP contribution in [0.1, 0.15) is 10.5 Å².